The highest BCUT2D eigenvalue weighted by molar-refractivity contribution is 5.87. The minimum Gasteiger partial charge on any atom is -0.465 e. The van der Waals surface area contributed by atoms with E-state index in [0.717, 1.165) is 5.06 Å². The first-order chi connectivity index (χ1) is 5.81. The average Bonchev–Trinajstić information content (AvgIpc) is 1.99. The fourth-order valence-corrected chi connectivity index (χ4v) is 0.797. The molecule has 0 bridgehead atoms. The first kappa shape index (κ1) is 11.7. The Bertz CT molecular complexity index is 215. The lowest BCUT2D eigenvalue weighted by Crippen LogP contribution is -2.54. The molecule has 0 atom stereocenters. The van der Waals surface area contributed by atoms with Gasteiger partial charge in [-0.3, -0.25) is 9.63 Å². The van der Waals surface area contributed by atoms with Crippen molar-refractivity contribution >= 4 is 12.0 Å². The van der Waals surface area contributed by atoms with Gasteiger partial charge in [-0.2, -0.15) is 0 Å². The molecule has 0 aliphatic heterocycles. The lowest BCUT2D eigenvalue weighted by molar-refractivity contribution is -0.174. The molecule has 0 fully saturated rings. The summed E-state index contributed by atoms with van der Waals surface area (Å²) in [4.78, 5) is 26.3. The number of nitrogens with zero attached hydrogens (tertiary/aromatic N) is 1. The van der Waals surface area contributed by atoms with Crippen molar-refractivity contribution in [1.82, 2.24) is 10.4 Å². The number of amides is 2. The van der Waals surface area contributed by atoms with Gasteiger partial charge in [0.15, 0.2) is 0 Å². The molecule has 0 rings (SSSR count). The maximum Gasteiger partial charge on any atom is 0.405 e. The quantitative estimate of drug-likeness (QED) is 0.616. The highest BCUT2D eigenvalue weighted by atomic mass is 16.7. The van der Waals surface area contributed by atoms with Gasteiger partial charge in [0.1, 0.15) is 5.54 Å². The van der Waals surface area contributed by atoms with E-state index in [1.54, 1.807) is 0 Å². The van der Waals surface area contributed by atoms with Gasteiger partial charge in [-0.15, -0.1) is 0 Å². The highest BCUT2D eigenvalue weighted by Crippen LogP contribution is 2.06. The van der Waals surface area contributed by atoms with Crippen molar-refractivity contribution in [3.63, 3.8) is 0 Å². The summed E-state index contributed by atoms with van der Waals surface area (Å²) in [6.45, 7) is 2.91. The van der Waals surface area contributed by atoms with Gasteiger partial charge in [0.2, 0.25) is 0 Å². The minimum absolute atomic E-state index is 0.461. The highest BCUT2D eigenvalue weighted by Gasteiger charge is 2.32. The molecule has 0 radical (unpaired) electrons. The summed E-state index contributed by atoms with van der Waals surface area (Å²) in [7, 11) is 2.74. The Hall–Kier alpha value is -1.30. The fraction of sp³-hybridized carbons (Fsp3) is 0.714. The van der Waals surface area contributed by atoms with Crippen molar-refractivity contribution in [2.75, 3.05) is 14.2 Å². The largest absolute Gasteiger partial charge is 0.465 e. The van der Waals surface area contributed by atoms with E-state index < -0.39 is 17.5 Å². The molecular formula is C7H14N2O4. The van der Waals surface area contributed by atoms with Crippen molar-refractivity contribution in [3.05, 3.63) is 0 Å². The lowest BCUT2D eigenvalue weighted by Gasteiger charge is -2.27. The van der Waals surface area contributed by atoms with Crippen LogP contribution in [0.3, 0.4) is 0 Å². The van der Waals surface area contributed by atoms with Gasteiger partial charge in [0.05, 0.1) is 7.11 Å². The predicted molar refractivity (Wildman–Crippen MR) is 45.0 cm³/mol. The molecule has 6 nitrogen and oxygen atoms in total. The van der Waals surface area contributed by atoms with E-state index in [1.165, 1.54) is 28.0 Å². The smallest absolute Gasteiger partial charge is 0.405 e. The zero-order valence-corrected chi connectivity index (χ0v) is 8.12. The predicted octanol–water partition coefficient (Wildman–Crippen LogP) is 0.0524. The molecular weight excluding hydrogens is 176 g/mol. The van der Waals surface area contributed by atoms with E-state index >= 15 is 0 Å². The summed E-state index contributed by atoms with van der Waals surface area (Å²) in [5.74, 6) is -0.461. The monoisotopic (exact) mass is 190 g/mol. The minimum atomic E-state index is -1.25. The molecule has 0 unspecified atom stereocenters. The lowest BCUT2D eigenvalue weighted by atomic mass is 10.1. The molecule has 0 aliphatic rings. The Labute approximate surface area is 76.4 Å². The maximum atomic E-state index is 11.4. The summed E-state index contributed by atoms with van der Waals surface area (Å²) < 4.78 is 0. The molecule has 0 aromatic rings. The molecule has 0 heterocycles. The number of likely N-dealkylation sites (N-methyl/N-ethyl adjacent to an activating group) is 1. The Kier molecular flexibility index (Phi) is 3.68. The van der Waals surface area contributed by atoms with Crippen LogP contribution in [0.4, 0.5) is 4.79 Å². The first-order valence-corrected chi connectivity index (χ1v) is 3.64. The van der Waals surface area contributed by atoms with Crippen LogP contribution < -0.4 is 5.32 Å². The molecule has 0 aromatic carbocycles. The SMILES string of the molecule is CON(C)C(=O)C(C)(C)NC(=O)O. The number of carbonyl (C=O) groups excluding carboxylic acids is 1. The van der Waals surface area contributed by atoms with Crippen LogP contribution >= 0.6 is 0 Å². The summed E-state index contributed by atoms with van der Waals surface area (Å²) in [6, 6.07) is 0. The molecule has 13 heavy (non-hydrogen) atoms. The third kappa shape index (κ3) is 3.29. The van der Waals surface area contributed by atoms with Crippen LogP contribution in [-0.2, 0) is 9.63 Å². The Morgan fingerprint density at radius 2 is 1.92 bits per heavy atom. The van der Waals surface area contributed by atoms with Crippen LogP contribution in [0.25, 0.3) is 0 Å². The average molecular weight is 190 g/mol. The first-order valence-electron chi connectivity index (χ1n) is 3.64. The number of hydrogen-bond acceptors (Lipinski definition) is 3. The van der Waals surface area contributed by atoms with Gasteiger partial charge < -0.3 is 10.4 Å². The standard InChI is InChI=1S/C7H14N2O4/c1-7(2,8-6(11)12)5(10)9(3)13-4/h8H,1-4H3,(H,11,12). The van der Waals surface area contributed by atoms with Crippen molar-refractivity contribution < 1.29 is 19.5 Å². The van der Waals surface area contributed by atoms with Crippen molar-refractivity contribution in [3.8, 4) is 0 Å². The molecule has 0 saturated carbocycles. The third-order valence-electron chi connectivity index (χ3n) is 1.51. The van der Waals surface area contributed by atoms with Crippen LogP contribution in [0, 0.1) is 0 Å². The number of carbonyl (C=O) groups is 2. The molecule has 0 aliphatic carbocycles. The third-order valence-corrected chi connectivity index (χ3v) is 1.51. The Morgan fingerprint density at radius 3 is 2.23 bits per heavy atom. The van der Waals surface area contributed by atoms with Crippen LogP contribution in [0.15, 0.2) is 0 Å². The van der Waals surface area contributed by atoms with Crippen LogP contribution in [0.2, 0.25) is 0 Å². The second-order valence-corrected chi connectivity index (χ2v) is 3.04. The number of nitrogens with one attached hydrogen (secondary N) is 1. The summed E-state index contributed by atoms with van der Waals surface area (Å²) in [5, 5.41) is 11.5. The normalized spacial score (nSPS) is 10.8. The Balaban J connectivity index is 4.44. The van der Waals surface area contributed by atoms with Crippen molar-refractivity contribution in [2.45, 2.75) is 19.4 Å². The summed E-state index contributed by atoms with van der Waals surface area (Å²) in [6.07, 6.45) is -1.25. The van der Waals surface area contributed by atoms with Crippen LogP contribution in [-0.4, -0.2) is 41.9 Å². The number of carboxylic acid groups (broad SMARTS) is 1. The number of hydrogen-bond donors (Lipinski definition) is 2. The van der Waals surface area contributed by atoms with E-state index in [4.69, 9.17) is 5.11 Å². The van der Waals surface area contributed by atoms with Gasteiger partial charge in [-0.25, -0.2) is 9.86 Å². The van der Waals surface area contributed by atoms with Gasteiger partial charge >= 0.3 is 6.09 Å². The Morgan fingerprint density at radius 1 is 1.46 bits per heavy atom. The van der Waals surface area contributed by atoms with Gasteiger partial charge in [-0.05, 0) is 13.8 Å². The fourth-order valence-electron chi connectivity index (χ4n) is 0.797. The summed E-state index contributed by atoms with van der Waals surface area (Å²) in [5.41, 5.74) is -1.18. The molecule has 76 valence electrons. The zero-order chi connectivity index (χ0) is 10.6. The summed E-state index contributed by atoms with van der Waals surface area (Å²) >= 11 is 0. The van der Waals surface area contributed by atoms with Gasteiger partial charge in [-0.1, -0.05) is 0 Å². The second kappa shape index (κ2) is 4.08. The topological polar surface area (TPSA) is 78.9 Å². The molecule has 2 N–H and O–H groups in total. The van der Waals surface area contributed by atoms with Crippen LogP contribution in [0.1, 0.15) is 13.8 Å². The van der Waals surface area contributed by atoms with E-state index in [2.05, 4.69) is 10.2 Å². The van der Waals surface area contributed by atoms with E-state index in [-0.39, 0.29) is 0 Å². The second-order valence-electron chi connectivity index (χ2n) is 3.04. The van der Waals surface area contributed by atoms with Crippen molar-refractivity contribution in [2.24, 2.45) is 0 Å². The number of hydroxylamine groups is 2. The number of rotatable bonds is 3. The maximum absolute atomic E-state index is 11.4. The molecule has 6 heteroatoms. The van der Waals surface area contributed by atoms with Gasteiger partial charge in [0.25, 0.3) is 5.91 Å². The zero-order valence-electron chi connectivity index (χ0n) is 8.12. The molecule has 2 amide bonds. The van der Waals surface area contributed by atoms with E-state index in [9.17, 15) is 9.59 Å². The van der Waals surface area contributed by atoms with Gasteiger partial charge in [0, 0.05) is 7.05 Å². The van der Waals surface area contributed by atoms with Crippen LogP contribution in [0.5, 0.6) is 0 Å². The van der Waals surface area contributed by atoms with Crippen molar-refractivity contribution in [1.29, 1.82) is 0 Å². The molecule has 0 aromatic heterocycles. The van der Waals surface area contributed by atoms with E-state index in [0.29, 0.717) is 0 Å². The molecule has 0 spiro atoms. The van der Waals surface area contributed by atoms with E-state index in [1.807, 2.05) is 0 Å². The molecule has 0 saturated heterocycles.